The van der Waals surface area contributed by atoms with Crippen LogP contribution in [0.4, 0.5) is 5.82 Å². The molecule has 0 amide bonds. The lowest BCUT2D eigenvalue weighted by atomic mass is 9.74. The van der Waals surface area contributed by atoms with Crippen LogP contribution in [-0.2, 0) is 4.79 Å². The molecular weight excluding hydrogens is 262 g/mol. The Labute approximate surface area is 115 Å². The molecule has 0 bridgehead atoms. The third kappa shape index (κ3) is 2.28. The maximum atomic E-state index is 11.4. The predicted octanol–water partition coefficient (Wildman–Crippen LogP) is 2.99. The molecule has 2 aromatic rings. The summed E-state index contributed by atoms with van der Waals surface area (Å²) >= 11 is 1.54. The van der Waals surface area contributed by atoms with E-state index in [9.17, 15) is 9.90 Å². The molecule has 102 valence electrons. The highest BCUT2D eigenvalue weighted by molar-refractivity contribution is 7.17. The molecule has 0 aliphatic rings. The Morgan fingerprint density at radius 2 is 2.00 bits per heavy atom. The summed E-state index contributed by atoms with van der Waals surface area (Å²) in [5, 5.41) is 14.5. The fourth-order valence-electron chi connectivity index (χ4n) is 1.60. The summed E-state index contributed by atoms with van der Waals surface area (Å²) in [6.45, 7) is 7.13. The van der Waals surface area contributed by atoms with Crippen molar-refractivity contribution in [2.24, 2.45) is 5.41 Å². The largest absolute Gasteiger partial charge is 0.481 e. The molecule has 0 saturated carbocycles. The maximum absolute atomic E-state index is 11.4. The van der Waals surface area contributed by atoms with Crippen LogP contribution in [0.25, 0.3) is 10.2 Å². The molecule has 19 heavy (non-hydrogen) atoms. The molecule has 2 heterocycles. The Kier molecular flexibility index (Phi) is 3.22. The van der Waals surface area contributed by atoms with Crippen LogP contribution in [-0.4, -0.2) is 26.6 Å². The Balaban J connectivity index is 2.40. The summed E-state index contributed by atoms with van der Waals surface area (Å²) < 4.78 is 0.941. The lowest BCUT2D eigenvalue weighted by Gasteiger charge is -2.39. The van der Waals surface area contributed by atoms with Gasteiger partial charge >= 0.3 is 5.97 Å². The molecule has 2 N–H and O–H groups in total. The fraction of sp³-hybridized carbons (Fsp3) is 0.462. The summed E-state index contributed by atoms with van der Waals surface area (Å²) in [5.41, 5.74) is -0.711. The van der Waals surface area contributed by atoms with Crippen LogP contribution in [0.5, 0.6) is 0 Å². The predicted molar refractivity (Wildman–Crippen MR) is 76.5 cm³/mol. The van der Waals surface area contributed by atoms with Crippen LogP contribution in [0.15, 0.2) is 17.8 Å². The molecule has 0 aliphatic carbocycles. The molecule has 0 aliphatic heterocycles. The van der Waals surface area contributed by atoms with Gasteiger partial charge in [-0.3, -0.25) is 4.79 Å². The minimum absolute atomic E-state index is 0.649. The number of nitrogens with one attached hydrogen (secondary N) is 1. The number of fused-ring (bicyclic) bond motifs is 1. The normalized spacial score (nSPS) is 12.6. The highest BCUT2D eigenvalue weighted by Crippen LogP contribution is 2.35. The molecule has 0 unspecified atom stereocenters. The number of nitrogens with zero attached hydrogens (tertiary/aromatic N) is 2. The summed E-state index contributed by atoms with van der Waals surface area (Å²) in [7, 11) is 0. The van der Waals surface area contributed by atoms with Crippen molar-refractivity contribution in [3.05, 3.63) is 17.8 Å². The van der Waals surface area contributed by atoms with Crippen molar-refractivity contribution in [3.63, 3.8) is 0 Å². The van der Waals surface area contributed by atoms with Gasteiger partial charge in [0.15, 0.2) is 0 Å². The number of aromatic nitrogens is 2. The average molecular weight is 279 g/mol. The van der Waals surface area contributed by atoms with Crippen molar-refractivity contribution in [3.8, 4) is 0 Å². The Hall–Kier alpha value is -1.69. The van der Waals surface area contributed by atoms with Crippen LogP contribution >= 0.6 is 11.3 Å². The van der Waals surface area contributed by atoms with Crippen molar-refractivity contribution >= 4 is 33.3 Å². The molecule has 0 saturated heterocycles. The number of thiophene rings is 1. The molecule has 2 aromatic heterocycles. The molecule has 0 atom stereocenters. The van der Waals surface area contributed by atoms with Gasteiger partial charge in [-0.15, -0.1) is 11.3 Å². The van der Waals surface area contributed by atoms with E-state index in [1.54, 1.807) is 13.8 Å². The van der Waals surface area contributed by atoms with Gasteiger partial charge in [0, 0.05) is 5.54 Å². The Morgan fingerprint density at radius 3 is 2.63 bits per heavy atom. The second kappa shape index (κ2) is 4.45. The number of hydrogen-bond acceptors (Lipinski definition) is 5. The number of rotatable bonds is 4. The van der Waals surface area contributed by atoms with Gasteiger partial charge in [-0.2, -0.15) is 0 Å². The van der Waals surface area contributed by atoms with E-state index in [0.29, 0.717) is 5.82 Å². The van der Waals surface area contributed by atoms with Gasteiger partial charge in [0.05, 0.1) is 15.6 Å². The SMILES string of the molecule is CC(C)(Nc1ncnc2ccsc12)C(C)(C)C(=O)O. The van der Waals surface area contributed by atoms with Crippen molar-refractivity contribution in [1.29, 1.82) is 0 Å². The third-order valence-corrected chi connectivity index (χ3v) is 4.68. The van der Waals surface area contributed by atoms with Gasteiger partial charge in [0.25, 0.3) is 0 Å². The van der Waals surface area contributed by atoms with E-state index in [1.165, 1.54) is 17.7 Å². The minimum atomic E-state index is -0.929. The second-order valence-corrected chi connectivity index (χ2v) is 6.45. The zero-order chi connectivity index (χ0) is 14.3. The molecule has 5 nitrogen and oxygen atoms in total. The van der Waals surface area contributed by atoms with Gasteiger partial charge in [-0.1, -0.05) is 0 Å². The Morgan fingerprint density at radius 1 is 1.32 bits per heavy atom. The highest BCUT2D eigenvalue weighted by Gasteiger charge is 2.43. The minimum Gasteiger partial charge on any atom is -0.481 e. The van der Waals surface area contributed by atoms with E-state index in [1.807, 2.05) is 25.3 Å². The smallest absolute Gasteiger partial charge is 0.311 e. The zero-order valence-electron chi connectivity index (χ0n) is 11.4. The van der Waals surface area contributed by atoms with E-state index in [0.717, 1.165) is 10.2 Å². The fourth-order valence-corrected chi connectivity index (χ4v) is 2.39. The average Bonchev–Trinajstić information content (AvgIpc) is 2.77. The number of anilines is 1. The molecule has 0 fully saturated rings. The number of carboxylic acids is 1. The molecular formula is C13H17N3O2S. The molecule has 0 spiro atoms. The van der Waals surface area contributed by atoms with E-state index in [2.05, 4.69) is 15.3 Å². The van der Waals surface area contributed by atoms with Crippen LogP contribution in [0, 0.1) is 5.41 Å². The summed E-state index contributed by atoms with van der Waals surface area (Å²) in [6.07, 6.45) is 1.49. The van der Waals surface area contributed by atoms with Crippen LogP contribution in [0.1, 0.15) is 27.7 Å². The monoisotopic (exact) mass is 279 g/mol. The topological polar surface area (TPSA) is 75.1 Å². The van der Waals surface area contributed by atoms with E-state index in [4.69, 9.17) is 0 Å². The molecule has 2 rings (SSSR count). The van der Waals surface area contributed by atoms with Crippen molar-refractivity contribution in [2.75, 3.05) is 5.32 Å². The van der Waals surface area contributed by atoms with Gasteiger partial charge in [-0.05, 0) is 39.1 Å². The van der Waals surface area contributed by atoms with Crippen LogP contribution in [0.3, 0.4) is 0 Å². The van der Waals surface area contributed by atoms with E-state index < -0.39 is 16.9 Å². The van der Waals surface area contributed by atoms with Gasteiger partial charge in [0.2, 0.25) is 0 Å². The van der Waals surface area contributed by atoms with Crippen molar-refractivity contribution in [1.82, 2.24) is 9.97 Å². The second-order valence-electron chi connectivity index (χ2n) is 5.54. The summed E-state index contributed by atoms with van der Waals surface area (Å²) in [4.78, 5) is 19.8. The number of carbonyl (C=O) groups is 1. The first-order valence-electron chi connectivity index (χ1n) is 5.95. The molecule has 0 aromatic carbocycles. The van der Waals surface area contributed by atoms with Gasteiger partial charge in [0.1, 0.15) is 12.1 Å². The molecule has 0 radical (unpaired) electrons. The summed E-state index contributed by atoms with van der Waals surface area (Å²) in [6, 6.07) is 1.92. The van der Waals surface area contributed by atoms with Gasteiger partial charge in [-0.25, -0.2) is 9.97 Å². The summed E-state index contributed by atoms with van der Waals surface area (Å²) in [5.74, 6) is -0.166. The first-order valence-corrected chi connectivity index (χ1v) is 6.83. The highest BCUT2D eigenvalue weighted by atomic mass is 32.1. The van der Waals surface area contributed by atoms with Crippen LogP contribution < -0.4 is 5.32 Å². The number of aliphatic carboxylic acids is 1. The van der Waals surface area contributed by atoms with Crippen LogP contribution in [0.2, 0.25) is 0 Å². The van der Waals surface area contributed by atoms with Crippen molar-refractivity contribution in [2.45, 2.75) is 33.2 Å². The lowest BCUT2D eigenvalue weighted by molar-refractivity contribution is -0.149. The van der Waals surface area contributed by atoms with Gasteiger partial charge < -0.3 is 10.4 Å². The first kappa shape index (κ1) is 13.7. The maximum Gasteiger partial charge on any atom is 0.311 e. The Bertz CT molecular complexity index is 619. The number of carboxylic acid groups (broad SMARTS) is 1. The zero-order valence-corrected chi connectivity index (χ0v) is 12.2. The lowest BCUT2D eigenvalue weighted by Crippen LogP contribution is -2.50. The third-order valence-electron chi connectivity index (χ3n) is 3.77. The van der Waals surface area contributed by atoms with Crippen molar-refractivity contribution < 1.29 is 9.90 Å². The first-order chi connectivity index (χ1) is 8.75. The van der Waals surface area contributed by atoms with E-state index >= 15 is 0 Å². The number of hydrogen-bond donors (Lipinski definition) is 2. The van der Waals surface area contributed by atoms with E-state index in [-0.39, 0.29) is 0 Å². The molecule has 6 heteroatoms. The standard InChI is InChI=1S/C13H17N3O2S/c1-12(2,11(17)18)13(3,4)16-10-9-8(5-6-19-9)14-7-15-10/h5-7H,1-4H3,(H,17,18)(H,14,15,16). The quantitative estimate of drug-likeness (QED) is 0.900.